The van der Waals surface area contributed by atoms with E-state index in [1.54, 1.807) is 4.90 Å². The molecule has 6 heteroatoms. The molecule has 0 radical (unpaired) electrons. The number of nitrogens with two attached hydrogens (primary N) is 1. The van der Waals surface area contributed by atoms with Crippen LogP contribution >= 0.6 is 12.4 Å². The zero-order chi connectivity index (χ0) is 19.7. The van der Waals surface area contributed by atoms with Gasteiger partial charge in [0, 0.05) is 38.5 Å². The van der Waals surface area contributed by atoms with Gasteiger partial charge in [-0.05, 0) is 17.5 Å². The first-order chi connectivity index (χ1) is 13.6. The Morgan fingerprint density at radius 2 is 1.55 bits per heavy atom. The predicted octanol–water partition coefficient (Wildman–Crippen LogP) is 2.97. The molecule has 2 aliphatic heterocycles. The van der Waals surface area contributed by atoms with Gasteiger partial charge in [-0.3, -0.25) is 9.59 Å². The van der Waals surface area contributed by atoms with E-state index < -0.39 is 0 Å². The molecule has 0 saturated carbocycles. The standard InChI is InChI=1S/C23H27N3O2.ClH/c1-25-21(27)13-12-18(22(25)17-10-6-3-7-11-17)23(28)26-14-19(20(24)15-26)16-8-4-2-5-9-16;/h2-11,18-20,22H,12-15,24H2,1H3;1H/t18?,19-,20+,22?;/m0./s1. The Hall–Kier alpha value is -2.37. The smallest absolute Gasteiger partial charge is 0.228 e. The average Bonchev–Trinajstić information content (AvgIpc) is 3.12. The molecular weight excluding hydrogens is 386 g/mol. The summed E-state index contributed by atoms with van der Waals surface area (Å²) in [5, 5.41) is 0. The normalized spacial score (nSPS) is 26.9. The summed E-state index contributed by atoms with van der Waals surface area (Å²) in [7, 11) is 1.81. The van der Waals surface area contributed by atoms with Crippen molar-refractivity contribution in [2.45, 2.75) is 30.8 Å². The second-order valence-electron chi connectivity index (χ2n) is 7.93. The Morgan fingerprint density at radius 3 is 2.17 bits per heavy atom. The van der Waals surface area contributed by atoms with E-state index in [-0.39, 0.29) is 48.1 Å². The molecule has 0 aromatic heterocycles. The molecule has 4 atom stereocenters. The van der Waals surface area contributed by atoms with Gasteiger partial charge < -0.3 is 15.5 Å². The first-order valence-electron chi connectivity index (χ1n) is 9.96. The molecule has 2 aromatic rings. The third-order valence-electron chi connectivity index (χ3n) is 6.22. The molecular formula is C23H28ClN3O2. The highest BCUT2D eigenvalue weighted by Crippen LogP contribution is 2.38. The Kier molecular flexibility index (Phi) is 6.60. The molecule has 0 aliphatic carbocycles. The zero-order valence-corrected chi connectivity index (χ0v) is 17.4. The molecule has 2 fully saturated rings. The lowest BCUT2D eigenvalue weighted by Gasteiger charge is -2.40. The number of hydrogen-bond donors (Lipinski definition) is 1. The van der Waals surface area contributed by atoms with Gasteiger partial charge in [-0.2, -0.15) is 0 Å². The van der Waals surface area contributed by atoms with E-state index in [2.05, 4.69) is 12.1 Å². The fourth-order valence-electron chi connectivity index (χ4n) is 4.70. The van der Waals surface area contributed by atoms with Gasteiger partial charge in [-0.25, -0.2) is 0 Å². The minimum absolute atomic E-state index is 0. The van der Waals surface area contributed by atoms with Crippen LogP contribution in [0.4, 0.5) is 0 Å². The summed E-state index contributed by atoms with van der Waals surface area (Å²) in [5.41, 5.74) is 8.60. The number of likely N-dealkylation sites (tertiary alicyclic amines) is 2. The summed E-state index contributed by atoms with van der Waals surface area (Å²) in [6, 6.07) is 19.8. The van der Waals surface area contributed by atoms with E-state index in [9.17, 15) is 9.59 Å². The van der Waals surface area contributed by atoms with Crippen LogP contribution in [-0.2, 0) is 9.59 Å². The Balaban J connectivity index is 0.00000240. The maximum absolute atomic E-state index is 13.5. The highest BCUT2D eigenvalue weighted by Gasteiger charge is 2.43. The lowest BCUT2D eigenvalue weighted by molar-refractivity contribution is -0.146. The van der Waals surface area contributed by atoms with E-state index in [1.165, 1.54) is 5.56 Å². The van der Waals surface area contributed by atoms with Gasteiger partial charge in [0.05, 0.1) is 12.0 Å². The molecule has 2 heterocycles. The van der Waals surface area contributed by atoms with Crippen LogP contribution in [0, 0.1) is 5.92 Å². The predicted molar refractivity (Wildman–Crippen MR) is 116 cm³/mol. The van der Waals surface area contributed by atoms with Crippen LogP contribution in [0.5, 0.6) is 0 Å². The second kappa shape index (κ2) is 8.97. The zero-order valence-electron chi connectivity index (χ0n) is 16.6. The summed E-state index contributed by atoms with van der Waals surface area (Å²) in [4.78, 5) is 29.5. The maximum Gasteiger partial charge on any atom is 0.228 e. The van der Waals surface area contributed by atoms with Gasteiger partial charge in [0.15, 0.2) is 0 Å². The minimum atomic E-state index is -0.230. The van der Waals surface area contributed by atoms with Gasteiger partial charge in [0.25, 0.3) is 0 Å². The number of nitrogens with zero attached hydrogens (tertiary/aromatic N) is 2. The van der Waals surface area contributed by atoms with Crippen LogP contribution in [0.2, 0.25) is 0 Å². The molecule has 2 amide bonds. The van der Waals surface area contributed by atoms with E-state index in [1.807, 2.05) is 60.5 Å². The third kappa shape index (κ3) is 4.16. The fourth-order valence-corrected chi connectivity index (χ4v) is 4.70. The summed E-state index contributed by atoms with van der Waals surface area (Å²) in [6.45, 7) is 1.20. The maximum atomic E-state index is 13.5. The van der Waals surface area contributed by atoms with Crippen LogP contribution in [0.1, 0.15) is 35.9 Å². The lowest BCUT2D eigenvalue weighted by atomic mass is 9.83. The van der Waals surface area contributed by atoms with Crippen molar-refractivity contribution >= 4 is 24.2 Å². The monoisotopic (exact) mass is 413 g/mol. The number of benzene rings is 2. The van der Waals surface area contributed by atoms with Gasteiger partial charge in [0.2, 0.25) is 11.8 Å². The molecule has 2 N–H and O–H groups in total. The molecule has 4 rings (SSSR count). The molecule has 2 aliphatic rings. The minimum Gasteiger partial charge on any atom is -0.340 e. The van der Waals surface area contributed by atoms with Crippen LogP contribution in [0.25, 0.3) is 0 Å². The van der Waals surface area contributed by atoms with Crippen molar-refractivity contribution in [2.24, 2.45) is 11.7 Å². The molecule has 29 heavy (non-hydrogen) atoms. The number of carbonyl (C=O) groups is 2. The van der Waals surface area contributed by atoms with Crippen molar-refractivity contribution in [1.29, 1.82) is 0 Å². The van der Waals surface area contributed by atoms with Crippen LogP contribution in [0.3, 0.4) is 0 Å². The fraction of sp³-hybridized carbons (Fsp3) is 0.391. The van der Waals surface area contributed by atoms with Crippen LogP contribution in [0.15, 0.2) is 60.7 Å². The molecule has 5 nitrogen and oxygen atoms in total. The number of carbonyl (C=O) groups excluding carboxylic acids is 2. The Bertz CT molecular complexity index is 846. The first-order valence-corrected chi connectivity index (χ1v) is 9.96. The Morgan fingerprint density at radius 1 is 0.966 bits per heavy atom. The van der Waals surface area contributed by atoms with Crippen molar-refractivity contribution in [1.82, 2.24) is 9.80 Å². The number of rotatable bonds is 3. The summed E-state index contributed by atoms with van der Waals surface area (Å²) in [6.07, 6.45) is 1.00. The van der Waals surface area contributed by atoms with Crippen LogP contribution < -0.4 is 5.73 Å². The molecule has 2 saturated heterocycles. The van der Waals surface area contributed by atoms with Crippen molar-refractivity contribution in [3.8, 4) is 0 Å². The molecule has 0 bridgehead atoms. The Labute approximate surface area is 178 Å². The highest BCUT2D eigenvalue weighted by atomic mass is 35.5. The SMILES string of the molecule is CN1C(=O)CCC(C(=O)N2C[C@@H](N)[C@H](c3ccccc3)C2)C1c1ccccc1.Cl. The van der Waals surface area contributed by atoms with E-state index in [0.717, 1.165) is 5.56 Å². The summed E-state index contributed by atoms with van der Waals surface area (Å²) >= 11 is 0. The molecule has 2 unspecified atom stereocenters. The average molecular weight is 414 g/mol. The lowest BCUT2D eigenvalue weighted by Crippen LogP contribution is -2.47. The largest absolute Gasteiger partial charge is 0.340 e. The van der Waals surface area contributed by atoms with Crippen molar-refractivity contribution in [3.63, 3.8) is 0 Å². The van der Waals surface area contributed by atoms with Gasteiger partial charge in [-0.1, -0.05) is 60.7 Å². The van der Waals surface area contributed by atoms with Gasteiger partial charge in [0.1, 0.15) is 0 Å². The summed E-state index contributed by atoms with van der Waals surface area (Å²) in [5.74, 6) is 0.135. The quantitative estimate of drug-likeness (QED) is 0.841. The van der Waals surface area contributed by atoms with E-state index in [4.69, 9.17) is 5.73 Å². The van der Waals surface area contributed by atoms with Crippen LogP contribution in [-0.4, -0.2) is 47.8 Å². The molecule has 0 spiro atoms. The number of hydrogen-bond acceptors (Lipinski definition) is 3. The summed E-state index contributed by atoms with van der Waals surface area (Å²) < 4.78 is 0. The van der Waals surface area contributed by atoms with Crippen molar-refractivity contribution < 1.29 is 9.59 Å². The topological polar surface area (TPSA) is 66.6 Å². The molecule has 154 valence electrons. The van der Waals surface area contributed by atoms with E-state index >= 15 is 0 Å². The van der Waals surface area contributed by atoms with Gasteiger partial charge in [-0.15, -0.1) is 12.4 Å². The second-order valence-corrected chi connectivity index (χ2v) is 7.93. The van der Waals surface area contributed by atoms with E-state index in [0.29, 0.717) is 25.9 Å². The number of piperidine rings is 1. The first kappa shape index (κ1) is 21.3. The third-order valence-corrected chi connectivity index (χ3v) is 6.22. The molecule has 2 aromatic carbocycles. The highest BCUT2D eigenvalue weighted by molar-refractivity contribution is 5.85. The number of halogens is 1. The van der Waals surface area contributed by atoms with Crippen molar-refractivity contribution in [2.75, 3.05) is 20.1 Å². The van der Waals surface area contributed by atoms with Gasteiger partial charge >= 0.3 is 0 Å². The number of amides is 2. The van der Waals surface area contributed by atoms with Crippen molar-refractivity contribution in [3.05, 3.63) is 71.8 Å².